The van der Waals surface area contributed by atoms with Crippen LogP contribution in [0.1, 0.15) is 20.3 Å². The fraction of sp³-hybridized carbons (Fsp3) is 0.500. The molecule has 1 saturated heterocycles. The van der Waals surface area contributed by atoms with Crippen LogP contribution in [0.4, 0.5) is 0 Å². The first kappa shape index (κ1) is 24.1. The second kappa shape index (κ2) is 9.54. The van der Waals surface area contributed by atoms with Crippen LogP contribution in [0.25, 0.3) is 0 Å². The van der Waals surface area contributed by atoms with E-state index >= 15 is 0 Å². The van der Waals surface area contributed by atoms with Crippen molar-refractivity contribution in [1.29, 1.82) is 0 Å². The maximum Gasteiger partial charge on any atom is 1.00 e. The summed E-state index contributed by atoms with van der Waals surface area (Å²) in [5.74, 6) is -2.36. The maximum atomic E-state index is 12.4. The standard InChI is InChI=1S/C14H18N2O8S2.Na/c1-7(24-26(20,21)22)11-9-6-10(25-5-4-15-8(2)17)12(14(19)23-3)16(9)13(11)18;/h4-5,7,9,11H,6H2,1-3H3,(H,15,17)(H,20,21,22);/q;+1/p-1/b5-4+;/t7-,9+,11-;/m0./s1. The molecule has 0 bridgehead atoms. The van der Waals surface area contributed by atoms with E-state index in [1.54, 1.807) is 0 Å². The summed E-state index contributed by atoms with van der Waals surface area (Å²) in [6, 6.07) is -0.509. The Kier molecular flexibility index (Phi) is 8.53. The van der Waals surface area contributed by atoms with Gasteiger partial charge in [-0.1, -0.05) is 11.8 Å². The molecule has 0 saturated carbocycles. The van der Waals surface area contributed by atoms with E-state index in [4.69, 9.17) is 4.74 Å². The summed E-state index contributed by atoms with van der Waals surface area (Å²) in [5.41, 5.74) is 0.0633. The third kappa shape index (κ3) is 5.56. The minimum absolute atomic E-state index is 0. The molecule has 0 aromatic rings. The van der Waals surface area contributed by atoms with Gasteiger partial charge in [0.25, 0.3) is 0 Å². The van der Waals surface area contributed by atoms with Crippen molar-refractivity contribution >= 4 is 39.9 Å². The predicted octanol–water partition coefficient (Wildman–Crippen LogP) is -3.19. The molecule has 2 aliphatic rings. The van der Waals surface area contributed by atoms with E-state index in [0.29, 0.717) is 4.91 Å². The van der Waals surface area contributed by atoms with Crippen molar-refractivity contribution in [2.75, 3.05) is 7.11 Å². The van der Waals surface area contributed by atoms with Crippen LogP contribution in [0.15, 0.2) is 22.2 Å². The van der Waals surface area contributed by atoms with E-state index in [9.17, 15) is 27.4 Å². The Labute approximate surface area is 182 Å². The molecule has 2 amide bonds. The smallest absolute Gasteiger partial charge is 0.726 e. The minimum atomic E-state index is -4.95. The van der Waals surface area contributed by atoms with Crippen LogP contribution in [-0.4, -0.2) is 54.9 Å². The van der Waals surface area contributed by atoms with Gasteiger partial charge in [-0.2, -0.15) is 0 Å². The van der Waals surface area contributed by atoms with E-state index in [1.165, 1.54) is 37.5 Å². The van der Waals surface area contributed by atoms with Gasteiger partial charge in [-0.15, -0.1) is 0 Å². The zero-order chi connectivity index (χ0) is 19.6. The molecule has 0 unspecified atom stereocenters. The molecule has 144 valence electrons. The molecule has 10 nitrogen and oxygen atoms in total. The van der Waals surface area contributed by atoms with Gasteiger partial charge in [0.2, 0.25) is 22.2 Å². The average molecular weight is 428 g/mol. The quantitative estimate of drug-likeness (QED) is 0.146. The molecule has 0 radical (unpaired) electrons. The van der Waals surface area contributed by atoms with Crippen LogP contribution in [0, 0.1) is 5.92 Å². The van der Waals surface area contributed by atoms with Gasteiger partial charge < -0.3 is 19.5 Å². The first-order valence-electron chi connectivity index (χ1n) is 7.44. The number of rotatable bonds is 7. The summed E-state index contributed by atoms with van der Waals surface area (Å²) in [4.78, 5) is 37.0. The summed E-state index contributed by atoms with van der Waals surface area (Å²) >= 11 is 1.12. The van der Waals surface area contributed by atoms with Gasteiger partial charge in [-0.3, -0.25) is 13.8 Å². The third-order valence-corrected chi connectivity index (χ3v) is 5.34. The van der Waals surface area contributed by atoms with Crippen LogP contribution < -0.4 is 34.9 Å². The monoisotopic (exact) mass is 428 g/mol. The van der Waals surface area contributed by atoms with Crippen LogP contribution in [0.3, 0.4) is 0 Å². The number of β-lactam (4-membered cyclic amide) rings is 1. The van der Waals surface area contributed by atoms with Crippen molar-refractivity contribution in [3.05, 3.63) is 22.2 Å². The summed E-state index contributed by atoms with van der Waals surface area (Å²) in [7, 11) is -3.78. The van der Waals surface area contributed by atoms with E-state index < -0.39 is 40.3 Å². The molecular formula is C14H17N2NaO8S2. The number of hydrogen-bond donors (Lipinski definition) is 1. The predicted molar refractivity (Wildman–Crippen MR) is 88.6 cm³/mol. The second-order valence-corrected chi connectivity index (χ2v) is 7.61. The number of ether oxygens (including phenoxy) is 1. The number of methoxy groups -OCH3 is 1. The molecule has 2 aliphatic heterocycles. The SMILES string of the molecule is COC(=O)C1=C(S/C=C/NC(C)=O)C[C@@H]2[C@H]([C@H](C)OS(=O)(=O)[O-])C(=O)N12.[Na+]. The number of fused-ring (bicyclic) bond motifs is 1. The first-order chi connectivity index (χ1) is 12.1. The van der Waals surface area contributed by atoms with Crippen LogP contribution in [0.5, 0.6) is 0 Å². The maximum absolute atomic E-state index is 12.4. The molecule has 27 heavy (non-hydrogen) atoms. The average Bonchev–Trinajstić information content (AvgIpc) is 2.83. The van der Waals surface area contributed by atoms with Gasteiger partial charge >= 0.3 is 35.5 Å². The number of hydrogen-bond acceptors (Lipinski definition) is 9. The molecule has 1 N–H and O–H groups in total. The van der Waals surface area contributed by atoms with Crippen LogP contribution in [-0.2, 0) is 33.7 Å². The molecule has 13 heteroatoms. The van der Waals surface area contributed by atoms with Crippen molar-refractivity contribution in [1.82, 2.24) is 10.2 Å². The first-order valence-corrected chi connectivity index (χ1v) is 9.65. The zero-order valence-electron chi connectivity index (χ0n) is 15.1. The Morgan fingerprint density at radius 1 is 1.44 bits per heavy atom. The molecule has 0 aromatic carbocycles. The number of carbonyl (C=O) groups is 3. The van der Waals surface area contributed by atoms with E-state index in [-0.39, 0.29) is 47.6 Å². The van der Waals surface area contributed by atoms with Crippen molar-refractivity contribution in [3.8, 4) is 0 Å². The number of thioether (sulfide) groups is 1. The Morgan fingerprint density at radius 3 is 2.59 bits per heavy atom. The van der Waals surface area contributed by atoms with Gasteiger partial charge in [0.05, 0.1) is 25.2 Å². The second-order valence-electron chi connectivity index (χ2n) is 5.60. The van der Waals surface area contributed by atoms with Crippen LogP contribution in [0.2, 0.25) is 0 Å². The summed E-state index contributed by atoms with van der Waals surface area (Å²) in [6.07, 6.45) is 0.506. The van der Waals surface area contributed by atoms with E-state index in [2.05, 4.69) is 9.50 Å². The normalized spacial score (nSPS) is 22.8. The Balaban J connectivity index is 0.00000364. The van der Waals surface area contributed by atoms with E-state index in [1.807, 2.05) is 0 Å². The fourth-order valence-electron chi connectivity index (χ4n) is 2.92. The molecule has 3 atom stereocenters. The summed E-state index contributed by atoms with van der Waals surface area (Å²) in [5, 5.41) is 3.98. The Hall–Kier alpha value is -0.890. The Morgan fingerprint density at radius 2 is 2.07 bits per heavy atom. The number of amides is 2. The zero-order valence-corrected chi connectivity index (χ0v) is 18.8. The molecule has 2 rings (SSSR count). The van der Waals surface area contributed by atoms with E-state index in [0.717, 1.165) is 11.8 Å². The van der Waals surface area contributed by atoms with Gasteiger partial charge in [-0.05, 0) is 12.3 Å². The number of nitrogens with one attached hydrogen (secondary N) is 1. The molecule has 2 heterocycles. The van der Waals surface area contributed by atoms with Gasteiger partial charge in [-0.25, -0.2) is 13.2 Å². The molecule has 1 fully saturated rings. The van der Waals surface area contributed by atoms with Crippen molar-refractivity contribution in [3.63, 3.8) is 0 Å². The molecule has 0 spiro atoms. The topological polar surface area (TPSA) is 142 Å². The minimum Gasteiger partial charge on any atom is -0.726 e. The number of esters is 1. The van der Waals surface area contributed by atoms with Crippen molar-refractivity contribution in [2.45, 2.75) is 32.4 Å². The number of nitrogens with zero attached hydrogens (tertiary/aromatic N) is 1. The Bertz CT molecular complexity index is 795. The van der Waals surface area contributed by atoms with Gasteiger partial charge in [0.15, 0.2) is 0 Å². The fourth-order valence-corrected chi connectivity index (χ4v) is 4.27. The summed E-state index contributed by atoms with van der Waals surface area (Å²) < 4.78 is 41.4. The van der Waals surface area contributed by atoms with Gasteiger partial charge in [0, 0.05) is 24.4 Å². The molecule has 0 aromatic heterocycles. The molecular weight excluding hydrogens is 411 g/mol. The van der Waals surface area contributed by atoms with Gasteiger partial charge in [0.1, 0.15) is 5.70 Å². The van der Waals surface area contributed by atoms with Crippen LogP contribution >= 0.6 is 11.8 Å². The number of carbonyl (C=O) groups excluding carboxylic acids is 3. The van der Waals surface area contributed by atoms with Crippen molar-refractivity contribution < 1.29 is 65.8 Å². The molecule has 0 aliphatic carbocycles. The largest absolute Gasteiger partial charge is 1.00 e. The van der Waals surface area contributed by atoms with Crippen molar-refractivity contribution in [2.24, 2.45) is 5.92 Å². The third-order valence-electron chi connectivity index (χ3n) is 3.89. The summed E-state index contributed by atoms with van der Waals surface area (Å²) in [6.45, 7) is 2.65.